The van der Waals surface area contributed by atoms with Gasteiger partial charge in [0.15, 0.2) is 0 Å². The second kappa shape index (κ2) is 6.39. The van der Waals surface area contributed by atoms with Crippen LogP contribution < -0.4 is 10.6 Å². The summed E-state index contributed by atoms with van der Waals surface area (Å²) in [5.74, 6) is 0.533. The van der Waals surface area contributed by atoms with Crippen LogP contribution in [0.3, 0.4) is 0 Å². The van der Waals surface area contributed by atoms with E-state index in [-0.39, 0.29) is 17.5 Å². The van der Waals surface area contributed by atoms with Crippen LogP contribution in [0.1, 0.15) is 20.8 Å². The summed E-state index contributed by atoms with van der Waals surface area (Å²) in [5.41, 5.74) is -0.0777. The fourth-order valence-corrected chi connectivity index (χ4v) is 1.89. The van der Waals surface area contributed by atoms with E-state index in [0.717, 1.165) is 0 Å². The number of pyridine rings is 1. The normalized spacial score (nSPS) is 12.7. The van der Waals surface area contributed by atoms with Gasteiger partial charge in [-0.15, -0.1) is 0 Å². The molecule has 0 aromatic carbocycles. The van der Waals surface area contributed by atoms with E-state index in [1.807, 2.05) is 16.8 Å². The zero-order valence-electron chi connectivity index (χ0n) is 12.6. The average molecular weight is 287 g/mol. The molecule has 0 radical (unpaired) electrons. The molecule has 0 fully saturated rings. The van der Waals surface area contributed by atoms with Gasteiger partial charge in [-0.3, -0.25) is 5.32 Å². The van der Waals surface area contributed by atoms with Gasteiger partial charge in [-0.2, -0.15) is 0 Å². The summed E-state index contributed by atoms with van der Waals surface area (Å²) in [7, 11) is 0. The monoisotopic (exact) mass is 287 g/mol. The predicted octanol–water partition coefficient (Wildman–Crippen LogP) is 2.51. The van der Waals surface area contributed by atoms with E-state index < -0.39 is 0 Å². The van der Waals surface area contributed by atoms with Crippen LogP contribution in [0.4, 0.5) is 10.6 Å². The first-order valence-electron chi connectivity index (χ1n) is 6.89. The van der Waals surface area contributed by atoms with Gasteiger partial charge in [-0.1, -0.05) is 26.8 Å². The van der Waals surface area contributed by atoms with Crippen LogP contribution in [-0.4, -0.2) is 26.6 Å². The molecule has 2 N–H and O–H groups in total. The second-order valence-corrected chi connectivity index (χ2v) is 5.99. The molecule has 0 unspecified atom stereocenters. The maximum Gasteiger partial charge on any atom is 0.320 e. The van der Waals surface area contributed by atoms with E-state index in [1.165, 1.54) is 0 Å². The Kier molecular flexibility index (Phi) is 4.57. The van der Waals surface area contributed by atoms with Crippen molar-refractivity contribution >= 4 is 11.8 Å². The standard InChI is InChI=1S/C15H21N5O/c1-15(2,3)12(10-20-9-8-16-11-20)18-14(21)19-13-6-4-5-7-17-13/h4-9,11-12H,10H2,1-3H3,(H2,17,18,19,21)/t12-/m1/s1. The number of nitrogens with one attached hydrogen (secondary N) is 2. The van der Waals surface area contributed by atoms with E-state index in [9.17, 15) is 4.79 Å². The third kappa shape index (κ3) is 4.59. The molecule has 21 heavy (non-hydrogen) atoms. The third-order valence-electron chi connectivity index (χ3n) is 3.21. The van der Waals surface area contributed by atoms with E-state index >= 15 is 0 Å². The van der Waals surface area contributed by atoms with Crippen LogP contribution >= 0.6 is 0 Å². The summed E-state index contributed by atoms with van der Waals surface area (Å²) in [6.07, 6.45) is 7.00. The van der Waals surface area contributed by atoms with Gasteiger partial charge in [-0.25, -0.2) is 14.8 Å². The highest BCUT2D eigenvalue weighted by atomic mass is 16.2. The van der Waals surface area contributed by atoms with Crippen molar-refractivity contribution in [2.24, 2.45) is 5.41 Å². The summed E-state index contributed by atoms with van der Waals surface area (Å²) in [4.78, 5) is 20.2. The Morgan fingerprint density at radius 1 is 1.33 bits per heavy atom. The molecule has 2 heterocycles. The van der Waals surface area contributed by atoms with Gasteiger partial charge in [0, 0.05) is 25.1 Å². The molecular weight excluding hydrogens is 266 g/mol. The fourth-order valence-electron chi connectivity index (χ4n) is 1.89. The topological polar surface area (TPSA) is 71.8 Å². The molecule has 1 atom stereocenters. The maximum atomic E-state index is 12.1. The molecule has 0 saturated heterocycles. The van der Waals surface area contributed by atoms with Crippen LogP contribution in [0.15, 0.2) is 43.1 Å². The number of nitrogens with zero attached hydrogens (tertiary/aromatic N) is 3. The molecule has 0 aliphatic carbocycles. The number of amides is 2. The van der Waals surface area contributed by atoms with Crippen LogP contribution in [0, 0.1) is 5.41 Å². The predicted molar refractivity (Wildman–Crippen MR) is 81.9 cm³/mol. The van der Waals surface area contributed by atoms with Crippen LogP contribution in [0.2, 0.25) is 0 Å². The van der Waals surface area contributed by atoms with Crippen molar-refractivity contribution < 1.29 is 4.79 Å². The lowest BCUT2D eigenvalue weighted by molar-refractivity contribution is 0.218. The molecule has 0 bridgehead atoms. The number of hydrogen-bond donors (Lipinski definition) is 2. The molecule has 2 rings (SSSR count). The third-order valence-corrected chi connectivity index (χ3v) is 3.21. The minimum absolute atomic E-state index is 0.0320. The first-order valence-corrected chi connectivity index (χ1v) is 6.89. The van der Waals surface area contributed by atoms with Gasteiger partial charge in [-0.05, 0) is 17.5 Å². The number of rotatable bonds is 4. The lowest BCUT2D eigenvalue weighted by Gasteiger charge is -2.31. The van der Waals surface area contributed by atoms with Crippen molar-refractivity contribution in [3.05, 3.63) is 43.1 Å². The molecule has 2 amide bonds. The van der Waals surface area contributed by atoms with E-state index in [2.05, 4.69) is 41.4 Å². The average Bonchev–Trinajstić information content (AvgIpc) is 2.91. The highest BCUT2D eigenvalue weighted by Crippen LogP contribution is 2.20. The van der Waals surface area contributed by atoms with Gasteiger partial charge in [0.2, 0.25) is 0 Å². The number of aromatic nitrogens is 3. The molecule has 6 heteroatoms. The van der Waals surface area contributed by atoms with Gasteiger partial charge in [0.25, 0.3) is 0 Å². The maximum absolute atomic E-state index is 12.1. The van der Waals surface area contributed by atoms with Crippen molar-refractivity contribution in [1.29, 1.82) is 0 Å². The SMILES string of the molecule is CC(C)(C)[C@@H](Cn1ccnc1)NC(=O)Nc1ccccn1. The number of hydrogen-bond acceptors (Lipinski definition) is 3. The summed E-state index contributed by atoms with van der Waals surface area (Å²) in [6, 6.07) is 5.10. The second-order valence-electron chi connectivity index (χ2n) is 5.99. The Morgan fingerprint density at radius 3 is 2.71 bits per heavy atom. The van der Waals surface area contributed by atoms with Crippen LogP contribution in [0.25, 0.3) is 0 Å². The first-order chi connectivity index (χ1) is 9.95. The van der Waals surface area contributed by atoms with E-state index in [1.54, 1.807) is 30.9 Å². The minimum Gasteiger partial charge on any atom is -0.335 e. The zero-order valence-corrected chi connectivity index (χ0v) is 12.6. The Hall–Kier alpha value is -2.37. The summed E-state index contributed by atoms with van der Waals surface area (Å²) in [6.45, 7) is 6.94. The summed E-state index contributed by atoms with van der Waals surface area (Å²) in [5, 5.41) is 5.74. The van der Waals surface area contributed by atoms with E-state index in [0.29, 0.717) is 12.4 Å². The van der Waals surface area contributed by atoms with Gasteiger partial charge in [0.1, 0.15) is 5.82 Å². The van der Waals surface area contributed by atoms with Crippen LogP contribution in [0.5, 0.6) is 0 Å². The highest BCUT2D eigenvalue weighted by Gasteiger charge is 2.26. The molecule has 2 aromatic rings. The smallest absolute Gasteiger partial charge is 0.320 e. The number of anilines is 1. The molecular formula is C15H21N5O. The number of carbonyl (C=O) groups is 1. The quantitative estimate of drug-likeness (QED) is 0.907. The molecule has 0 aliphatic heterocycles. The Balaban J connectivity index is 2.00. The fraction of sp³-hybridized carbons (Fsp3) is 0.400. The molecule has 2 aromatic heterocycles. The summed E-state index contributed by atoms with van der Waals surface area (Å²) >= 11 is 0. The van der Waals surface area contributed by atoms with Crippen molar-refractivity contribution in [1.82, 2.24) is 19.9 Å². The number of imidazole rings is 1. The lowest BCUT2D eigenvalue weighted by atomic mass is 9.86. The molecule has 0 saturated carbocycles. The number of carbonyl (C=O) groups excluding carboxylic acids is 1. The number of urea groups is 1. The van der Waals surface area contributed by atoms with Gasteiger partial charge in [0.05, 0.1) is 12.4 Å². The molecule has 112 valence electrons. The highest BCUT2D eigenvalue weighted by molar-refractivity contribution is 5.88. The molecule has 6 nitrogen and oxygen atoms in total. The van der Waals surface area contributed by atoms with Crippen molar-refractivity contribution in [3.63, 3.8) is 0 Å². The largest absolute Gasteiger partial charge is 0.335 e. The van der Waals surface area contributed by atoms with Gasteiger partial charge < -0.3 is 9.88 Å². The lowest BCUT2D eigenvalue weighted by Crippen LogP contribution is -2.47. The summed E-state index contributed by atoms with van der Waals surface area (Å²) < 4.78 is 1.96. The Bertz CT molecular complexity index is 560. The minimum atomic E-state index is -0.256. The Morgan fingerprint density at radius 2 is 2.14 bits per heavy atom. The zero-order chi connectivity index (χ0) is 15.3. The van der Waals surface area contributed by atoms with Crippen molar-refractivity contribution in [2.75, 3.05) is 5.32 Å². The first kappa shape index (κ1) is 15.0. The molecule has 0 aliphatic rings. The van der Waals surface area contributed by atoms with Crippen molar-refractivity contribution in [2.45, 2.75) is 33.4 Å². The van der Waals surface area contributed by atoms with Crippen LogP contribution in [-0.2, 0) is 6.54 Å². The molecule has 0 spiro atoms. The van der Waals surface area contributed by atoms with E-state index in [4.69, 9.17) is 0 Å². The van der Waals surface area contributed by atoms with Crippen molar-refractivity contribution in [3.8, 4) is 0 Å². The van der Waals surface area contributed by atoms with Gasteiger partial charge >= 0.3 is 6.03 Å². The Labute approximate surface area is 124 Å².